The molecule has 0 saturated carbocycles. The fourth-order valence-corrected chi connectivity index (χ4v) is 2.31. The predicted octanol–water partition coefficient (Wildman–Crippen LogP) is 2.57. The van der Waals surface area contributed by atoms with Crippen LogP contribution in [0.5, 0.6) is 11.5 Å². The average molecular weight is 410 g/mol. The minimum Gasteiger partial charge on any atom is -0.504 e. The molecule has 0 aliphatic heterocycles. The number of rotatable bonds is 7. The number of phenolic OH excluding ortho intramolecular Hbond substituents is 2. The second-order valence-corrected chi connectivity index (χ2v) is 6.25. The number of esters is 2. The van der Waals surface area contributed by atoms with Crippen molar-refractivity contribution in [2.75, 3.05) is 0 Å². The van der Waals surface area contributed by atoms with Crippen LogP contribution in [0.3, 0.4) is 0 Å². The number of hydrogen-bond acceptors (Lipinski definition) is 7. The summed E-state index contributed by atoms with van der Waals surface area (Å²) in [5.41, 5.74) is 6.84. The van der Waals surface area contributed by atoms with Gasteiger partial charge < -0.3 is 25.4 Å². The third-order valence-corrected chi connectivity index (χ3v) is 4.06. The van der Waals surface area contributed by atoms with Gasteiger partial charge in [0.1, 0.15) is 18.2 Å². The van der Waals surface area contributed by atoms with Gasteiger partial charge in [0, 0.05) is 0 Å². The molecule has 0 radical (unpaired) electrons. The van der Waals surface area contributed by atoms with Crippen molar-refractivity contribution in [1.82, 2.24) is 0 Å². The highest BCUT2D eigenvalue weighted by molar-refractivity contribution is 5.89. The molecule has 2 aromatic rings. The largest absolute Gasteiger partial charge is 0.504 e. The van der Waals surface area contributed by atoms with E-state index in [0.29, 0.717) is 11.1 Å². The number of benzene rings is 2. The summed E-state index contributed by atoms with van der Waals surface area (Å²) in [6.45, 7) is 3.24. The molecule has 7 nitrogen and oxygen atoms in total. The minimum atomic E-state index is -0.964. The van der Waals surface area contributed by atoms with Crippen molar-refractivity contribution >= 4 is 24.3 Å². The minimum absolute atomic E-state index is 0. The lowest BCUT2D eigenvalue weighted by Gasteiger charge is -2.22. The molecule has 0 fully saturated rings. The summed E-state index contributed by atoms with van der Waals surface area (Å²) < 4.78 is 10.6. The Morgan fingerprint density at radius 1 is 0.964 bits per heavy atom. The Balaban J connectivity index is 0.00000392. The number of nitrogens with two attached hydrogens (primary N) is 1. The first kappa shape index (κ1) is 23.3. The normalized spacial score (nSPS) is 13.5. The average Bonchev–Trinajstić information content (AvgIpc) is 2.65. The predicted molar refractivity (Wildman–Crippen MR) is 106 cm³/mol. The van der Waals surface area contributed by atoms with Crippen LogP contribution in [0.25, 0.3) is 0 Å². The van der Waals surface area contributed by atoms with Gasteiger partial charge in [0.05, 0.1) is 5.56 Å². The number of phenols is 2. The maximum atomic E-state index is 12.2. The number of carbonyl (C=O) groups is 2. The first-order valence-electron chi connectivity index (χ1n) is 8.51. The van der Waals surface area contributed by atoms with Gasteiger partial charge in [-0.1, -0.05) is 24.3 Å². The van der Waals surface area contributed by atoms with Gasteiger partial charge in [0.25, 0.3) is 0 Å². The zero-order valence-corrected chi connectivity index (χ0v) is 16.4. The summed E-state index contributed by atoms with van der Waals surface area (Å²) >= 11 is 0. The van der Waals surface area contributed by atoms with Crippen LogP contribution in [-0.4, -0.2) is 40.4 Å². The van der Waals surface area contributed by atoms with E-state index < -0.39 is 30.2 Å². The van der Waals surface area contributed by atoms with Gasteiger partial charge >= 0.3 is 11.9 Å². The molecular formula is C20H24ClNO6. The molecule has 0 heterocycles. The van der Waals surface area contributed by atoms with Gasteiger partial charge in [-0.15, -0.1) is 12.4 Å². The van der Waals surface area contributed by atoms with E-state index in [1.807, 2.05) is 0 Å². The fraction of sp³-hybridized carbons (Fsp3) is 0.300. The summed E-state index contributed by atoms with van der Waals surface area (Å²) in [5, 5.41) is 18.8. The van der Waals surface area contributed by atoms with Crippen molar-refractivity contribution in [3.8, 4) is 11.5 Å². The van der Waals surface area contributed by atoms with Crippen LogP contribution in [0.15, 0.2) is 48.5 Å². The fourth-order valence-electron chi connectivity index (χ4n) is 2.31. The molecule has 2 rings (SSSR count). The summed E-state index contributed by atoms with van der Waals surface area (Å²) in [6, 6.07) is 11.7. The van der Waals surface area contributed by atoms with E-state index >= 15 is 0 Å². The van der Waals surface area contributed by atoms with Crippen LogP contribution in [0.2, 0.25) is 0 Å². The molecule has 0 saturated heterocycles. The second-order valence-electron chi connectivity index (χ2n) is 6.25. The number of hydrogen-bond donors (Lipinski definition) is 3. The van der Waals surface area contributed by atoms with E-state index in [1.165, 1.54) is 12.1 Å². The Morgan fingerprint density at radius 3 is 2.18 bits per heavy atom. The molecular weight excluding hydrogens is 386 g/mol. The van der Waals surface area contributed by atoms with Crippen molar-refractivity contribution in [3.63, 3.8) is 0 Å². The van der Waals surface area contributed by atoms with Gasteiger partial charge in [0.15, 0.2) is 11.5 Å². The SMILES string of the molecule is CC(OC(=O)c1ccccc1)[C@H](C)OC(=O)[C@@H](N)Cc1ccc(O)c(O)c1.Cl. The molecule has 0 bridgehead atoms. The van der Waals surface area contributed by atoms with Crippen LogP contribution >= 0.6 is 12.4 Å². The van der Waals surface area contributed by atoms with Crippen LogP contribution < -0.4 is 5.73 Å². The Labute approximate surface area is 169 Å². The maximum absolute atomic E-state index is 12.2. The Kier molecular flexibility index (Phi) is 8.76. The zero-order chi connectivity index (χ0) is 20.0. The monoisotopic (exact) mass is 409 g/mol. The number of ether oxygens (including phenoxy) is 2. The van der Waals surface area contributed by atoms with Crippen LogP contribution in [0, 0.1) is 0 Å². The van der Waals surface area contributed by atoms with Crippen molar-refractivity contribution < 1.29 is 29.3 Å². The van der Waals surface area contributed by atoms with Crippen molar-refractivity contribution in [2.45, 2.75) is 38.5 Å². The van der Waals surface area contributed by atoms with E-state index in [4.69, 9.17) is 15.2 Å². The first-order valence-corrected chi connectivity index (χ1v) is 8.51. The smallest absolute Gasteiger partial charge is 0.338 e. The van der Waals surface area contributed by atoms with Crippen molar-refractivity contribution in [3.05, 3.63) is 59.7 Å². The Bertz CT molecular complexity index is 799. The molecule has 0 spiro atoms. The quantitative estimate of drug-likeness (QED) is 0.475. The summed E-state index contributed by atoms with van der Waals surface area (Å²) in [5.74, 6) is -1.70. The first-order chi connectivity index (χ1) is 12.8. The van der Waals surface area contributed by atoms with Crippen molar-refractivity contribution in [1.29, 1.82) is 0 Å². The number of carbonyl (C=O) groups excluding carboxylic acids is 2. The highest BCUT2D eigenvalue weighted by Crippen LogP contribution is 2.25. The Hall–Kier alpha value is -2.77. The molecule has 8 heteroatoms. The van der Waals surface area contributed by atoms with Gasteiger partial charge in [0.2, 0.25) is 0 Å². The van der Waals surface area contributed by atoms with E-state index in [9.17, 15) is 19.8 Å². The Morgan fingerprint density at radius 2 is 1.57 bits per heavy atom. The van der Waals surface area contributed by atoms with Crippen LogP contribution in [0.4, 0.5) is 0 Å². The lowest BCUT2D eigenvalue weighted by molar-refractivity contribution is -0.154. The van der Waals surface area contributed by atoms with Crippen LogP contribution in [-0.2, 0) is 20.7 Å². The lowest BCUT2D eigenvalue weighted by atomic mass is 10.1. The highest BCUT2D eigenvalue weighted by atomic mass is 35.5. The maximum Gasteiger partial charge on any atom is 0.338 e. The molecule has 0 amide bonds. The second kappa shape index (κ2) is 10.5. The molecule has 2 aromatic carbocycles. The van der Waals surface area contributed by atoms with Crippen LogP contribution in [0.1, 0.15) is 29.8 Å². The van der Waals surface area contributed by atoms with E-state index in [-0.39, 0.29) is 30.3 Å². The van der Waals surface area contributed by atoms with E-state index in [2.05, 4.69) is 0 Å². The van der Waals surface area contributed by atoms with Crippen molar-refractivity contribution in [2.24, 2.45) is 5.73 Å². The molecule has 0 aliphatic carbocycles. The number of halogens is 1. The summed E-state index contributed by atoms with van der Waals surface area (Å²) in [4.78, 5) is 24.2. The molecule has 28 heavy (non-hydrogen) atoms. The summed E-state index contributed by atoms with van der Waals surface area (Å²) in [6.07, 6.45) is -1.23. The standard InChI is InChI=1S/C20H23NO6.ClH/c1-12(26-19(24)15-6-4-3-5-7-15)13(2)27-20(25)16(21)10-14-8-9-17(22)18(23)11-14;/h3-9,11-13,16,22-23H,10,21H2,1-2H3;1H/t12?,13-,16-;/m0./s1. The molecule has 0 aliphatic rings. The number of aromatic hydroxyl groups is 2. The van der Waals surface area contributed by atoms with Gasteiger partial charge in [-0.2, -0.15) is 0 Å². The van der Waals surface area contributed by atoms with Gasteiger partial charge in [-0.25, -0.2) is 4.79 Å². The molecule has 0 aromatic heterocycles. The van der Waals surface area contributed by atoms with E-state index in [1.54, 1.807) is 50.2 Å². The van der Waals surface area contributed by atoms with E-state index in [0.717, 1.165) is 0 Å². The summed E-state index contributed by atoms with van der Waals surface area (Å²) in [7, 11) is 0. The lowest BCUT2D eigenvalue weighted by Crippen LogP contribution is -2.39. The zero-order valence-electron chi connectivity index (χ0n) is 15.6. The topological polar surface area (TPSA) is 119 Å². The van der Waals surface area contributed by atoms with Gasteiger partial charge in [-0.3, -0.25) is 4.79 Å². The van der Waals surface area contributed by atoms with Gasteiger partial charge in [-0.05, 0) is 50.1 Å². The molecule has 3 atom stereocenters. The third kappa shape index (κ3) is 6.44. The molecule has 4 N–H and O–H groups in total. The third-order valence-electron chi connectivity index (χ3n) is 4.06. The highest BCUT2D eigenvalue weighted by Gasteiger charge is 2.24. The molecule has 152 valence electrons. The molecule has 1 unspecified atom stereocenters.